The smallest absolute Gasteiger partial charge is 0.324 e. The summed E-state index contributed by atoms with van der Waals surface area (Å²) in [6.07, 6.45) is 2.23. The Labute approximate surface area is 278 Å². The lowest BCUT2D eigenvalue weighted by atomic mass is 10.00. The Morgan fingerprint density at radius 2 is 1.81 bits per heavy atom. The van der Waals surface area contributed by atoms with Gasteiger partial charge in [-0.3, -0.25) is 24.2 Å². The van der Waals surface area contributed by atoms with Gasteiger partial charge in [0.15, 0.2) is 17.5 Å². The van der Waals surface area contributed by atoms with Crippen molar-refractivity contribution in [3.05, 3.63) is 99.2 Å². The van der Waals surface area contributed by atoms with Gasteiger partial charge >= 0.3 is 6.03 Å². The Morgan fingerprint density at radius 1 is 1.06 bits per heavy atom. The van der Waals surface area contributed by atoms with Crippen molar-refractivity contribution in [1.82, 2.24) is 24.3 Å². The topological polar surface area (TPSA) is 119 Å². The number of halogens is 2. The Morgan fingerprint density at radius 3 is 2.48 bits per heavy atom. The molecule has 11 nitrogen and oxygen atoms in total. The maximum Gasteiger partial charge on any atom is 0.324 e. The van der Waals surface area contributed by atoms with Crippen LogP contribution in [-0.2, 0) is 17.8 Å². The fourth-order valence-electron chi connectivity index (χ4n) is 6.53. The fraction of sp³-hybridized carbons (Fsp3) is 0.429. The van der Waals surface area contributed by atoms with E-state index < -0.39 is 17.7 Å². The molecule has 254 valence electrons. The summed E-state index contributed by atoms with van der Waals surface area (Å²) >= 11 is 0. The number of ether oxygens (including phenoxy) is 2. The van der Waals surface area contributed by atoms with E-state index in [1.54, 1.807) is 28.3 Å². The van der Waals surface area contributed by atoms with E-state index in [4.69, 9.17) is 25.2 Å². The molecule has 3 unspecified atom stereocenters. The van der Waals surface area contributed by atoms with E-state index in [9.17, 15) is 18.4 Å². The Hall–Kier alpha value is -4.46. The Bertz CT molecular complexity index is 1770. The number of hydrogen-bond acceptors (Lipinski definition) is 8. The van der Waals surface area contributed by atoms with Crippen molar-refractivity contribution in [2.45, 2.75) is 45.0 Å². The SMILES string of the molecule is CC(N=C(CN)Cc1ccc(F)c(F)c1)c1nc2n(c(=O)c1OCc1ccccc1)C(C)C(N1CCOCC1)C=C2N1CCN(C)C1=O. The van der Waals surface area contributed by atoms with E-state index in [1.807, 2.05) is 43.3 Å². The van der Waals surface area contributed by atoms with Crippen LogP contribution in [0.2, 0.25) is 0 Å². The molecule has 3 atom stereocenters. The summed E-state index contributed by atoms with van der Waals surface area (Å²) in [5.41, 5.74) is 8.44. The highest BCUT2D eigenvalue weighted by molar-refractivity contribution is 5.88. The molecule has 48 heavy (non-hydrogen) atoms. The van der Waals surface area contributed by atoms with E-state index >= 15 is 0 Å². The van der Waals surface area contributed by atoms with Gasteiger partial charge in [0.1, 0.15) is 12.3 Å². The summed E-state index contributed by atoms with van der Waals surface area (Å²) in [4.78, 5) is 43.5. The zero-order valence-electron chi connectivity index (χ0n) is 27.4. The summed E-state index contributed by atoms with van der Waals surface area (Å²) in [6, 6.07) is 11.8. The van der Waals surface area contributed by atoms with E-state index in [1.165, 1.54) is 6.07 Å². The van der Waals surface area contributed by atoms with Crippen LogP contribution in [0.1, 0.15) is 48.6 Å². The maximum absolute atomic E-state index is 14.7. The second kappa shape index (κ2) is 14.3. The first kappa shape index (κ1) is 33.4. The minimum Gasteiger partial charge on any atom is -0.482 e. The number of benzene rings is 2. The molecule has 3 aromatic rings. The lowest BCUT2D eigenvalue weighted by Gasteiger charge is -2.41. The third kappa shape index (κ3) is 6.75. The third-order valence-corrected chi connectivity index (χ3v) is 9.16. The van der Waals surface area contributed by atoms with Crippen LogP contribution in [-0.4, -0.2) is 95.0 Å². The number of urea groups is 1. The van der Waals surface area contributed by atoms with E-state index in [-0.39, 0.29) is 49.0 Å². The van der Waals surface area contributed by atoms with Gasteiger partial charge in [0, 0.05) is 51.9 Å². The molecule has 2 amide bonds. The number of aliphatic imine (C=N–C) groups is 1. The first-order chi connectivity index (χ1) is 23.2. The van der Waals surface area contributed by atoms with Gasteiger partial charge in [-0.15, -0.1) is 0 Å². The van der Waals surface area contributed by atoms with Gasteiger partial charge in [0.05, 0.1) is 37.0 Å². The molecule has 0 spiro atoms. The van der Waals surface area contributed by atoms with Crippen molar-refractivity contribution >= 4 is 17.4 Å². The predicted molar refractivity (Wildman–Crippen MR) is 178 cm³/mol. The molecule has 2 fully saturated rings. The number of carbonyl (C=O) groups is 1. The number of aromatic nitrogens is 2. The summed E-state index contributed by atoms with van der Waals surface area (Å²) in [5, 5.41) is 0. The summed E-state index contributed by atoms with van der Waals surface area (Å²) < 4.78 is 41.1. The Kier molecular flexibility index (Phi) is 9.99. The third-order valence-electron chi connectivity index (χ3n) is 9.16. The minimum atomic E-state index is -0.955. The molecule has 0 radical (unpaired) electrons. The summed E-state index contributed by atoms with van der Waals surface area (Å²) in [5.74, 6) is -1.47. The molecule has 0 aliphatic carbocycles. The van der Waals surface area contributed by atoms with E-state index in [2.05, 4.69) is 4.90 Å². The van der Waals surface area contributed by atoms with Crippen LogP contribution in [0.3, 0.4) is 0 Å². The van der Waals surface area contributed by atoms with E-state index in [0.717, 1.165) is 17.7 Å². The average Bonchev–Trinajstić information content (AvgIpc) is 3.43. The first-order valence-corrected chi connectivity index (χ1v) is 16.3. The van der Waals surface area contributed by atoms with E-state index in [0.29, 0.717) is 67.9 Å². The number of hydrogen-bond donors (Lipinski definition) is 1. The van der Waals surface area contributed by atoms with Gasteiger partial charge in [0.25, 0.3) is 5.56 Å². The number of amides is 2. The molecular weight excluding hydrogens is 620 g/mol. The number of fused-ring (bicyclic) bond motifs is 1. The lowest BCUT2D eigenvalue weighted by molar-refractivity contribution is 0.0156. The van der Waals surface area contributed by atoms with Crippen molar-refractivity contribution in [2.75, 3.05) is 53.0 Å². The normalized spacial score (nSPS) is 20.9. The second-order valence-corrected chi connectivity index (χ2v) is 12.4. The van der Waals surface area contributed by atoms with Crippen LogP contribution in [0.4, 0.5) is 13.6 Å². The highest BCUT2D eigenvalue weighted by atomic mass is 19.2. The number of rotatable bonds is 10. The quantitative estimate of drug-likeness (QED) is 0.329. The fourth-order valence-corrected chi connectivity index (χ4v) is 6.53. The lowest BCUT2D eigenvalue weighted by Crippen LogP contribution is -2.50. The summed E-state index contributed by atoms with van der Waals surface area (Å²) in [6.45, 7) is 7.44. The highest BCUT2D eigenvalue weighted by Gasteiger charge is 2.40. The molecule has 0 saturated carbocycles. The monoisotopic (exact) mass is 661 g/mol. The van der Waals surface area contributed by atoms with Crippen molar-refractivity contribution in [1.29, 1.82) is 0 Å². The first-order valence-electron chi connectivity index (χ1n) is 16.3. The number of carbonyl (C=O) groups excluding carboxylic acids is 1. The maximum atomic E-state index is 14.7. The molecule has 3 aliphatic heterocycles. The number of nitrogens with zero attached hydrogens (tertiary/aromatic N) is 6. The van der Waals surface area contributed by atoms with Crippen LogP contribution >= 0.6 is 0 Å². The van der Waals surface area contributed by atoms with Gasteiger partial charge < -0.3 is 20.1 Å². The highest BCUT2D eigenvalue weighted by Crippen LogP contribution is 2.36. The van der Waals surface area contributed by atoms with Crippen LogP contribution in [0.5, 0.6) is 5.75 Å². The molecule has 0 bridgehead atoms. The van der Waals surface area contributed by atoms with Crippen molar-refractivity contribution < 1.29 is 23.0 Å². The molecule has 2 saturated heterocycles. The molecule has 2 aromatic carbocycles. The second-order valence-electron chi connectivity index (χ2n) is 12.4. The number of nitrogens with two attached hydrogens (primary N) is 1. The average molecular weight is 662 g/mol. The minimum absolute atomic E-state index is 0.0471. The zero-order chi connectivity index (χ0) is 33.9. The summed E-state index contributed by atoms with van der Waals surface area (Å²) in [7, 11) is 1.75. The molecule has 1 aromatic heterocycles. The van der Waals surface area contributed by atoms with Crippen molar-refractivity contribution in [3.63, 3.8) is 0 Å². The van der Waals surface area contributed by atoms with Crippen molar-refractivity contribution in [3.8, 4) is 5.75 Å². The van der Waals surface area contributed by atoms with Crippen LogP contribution in [0.15, 0.2) is 64.4 Å². The van der Waals surface area contributed by atoms with Crippen LogP contribution < -0.4 is 16.0 Å². The van der Waals surface area contributed by atoms with Crippen LogP contribution in [0, 0.1) is 11.6 Å². The number of morpholine rings is 1. The van der Waals surface area contributed by atoms with Gasteiger partial charge in [0.2, 0.25) is 5.75 Å². The Balaban J connectivity index is 1.47. The molecule has 4 heterocycles. The van der Waals surface area contributed by atoms with Gasteiger partial charge in [-0.2, -0.15) is 0 Å². The zero-order valence-corrected chi connectivity index (χ0v) is 27.4. The molecule has 6 rings (SSSR count). The molecule has 13 heteroatoms. The van der Waals surface area contributed by atoms with Gasteiger partial charge in [-0.05, 0) is 43.2 Å². The molecule has 3 aliphatic rings. The van der Waals surface area contributed by atoms with Crippen LogP contribution in [0.25, 0.3) is 5.70 Å². The van der Waals surface area contributed by atoms with Gasteiger partial charge in [-0.25, -0.2) is 18.6 Å². The molecular formula is C35H41F2N7O4. The number of likely N-dealkylation sites (N-methyl/N-ethyl adjacent to an activating group) is 1. The largest absolute Gasteiger partial charge is 0.482 e. The van der Waals surface area contributed by atoms with Gasteiger partial charge in [-0.1, -0.05) is 36.4 Å². The molecule has 2 N–H and O–H groups in total. The van der Waals surface area contributed by atoms with Crippen molar-refractivity contribution in [2.24, 2.45) is 10.7 Å². The predicted octanol–water partition coefficient (Wildman–Crippen LogP) is 3.79. The standard InChI is InChI=1S/C35H41F2N7O4/c1-22(39-26(20-38)17-25-9-10-27(36)28(37)18-25)31-32(48-21-24-7-5-4-6-8-24)34(45)44-23(2)29(42-13-15-47-16-14-42)19-30(33(44)40-31)43-12-11-41(3)35(43)46/h4-10,18-19,22-23,29H,11-17,20-21,38H2,1-3H3.